The third-order valence-corrected chi connectivity index (χ3v) is 6.26. The molecule has 0 aromatic heterocycles. The Bertz CT molecular complexity index is 1090. The second kappa shape index (κ2) is 14.4. The van der Waals surface area contributed by atoms with Crippen molar-refractivity contribution < 1.29 is 23.0 Å². The molecule has 3 nitrogen and oxygen atoms in total. The van der Waals surface area contributed by atoms with E-state index in [0.717, 1.165) is 49.7 Å². The van der Waals surface area contributed by atoms with Gasteiger partial charge in [-0.15, -0.1) is 0 Å². The third-order valence-electron chi connectivity index (χ3n) is 6.26. The van der Waals surface area contributed by atoms with Crippen molar-refractivity contribution in [1.29, 1.82) is 0 Å². The molecule has 0 aliphatic rings. The molecule has 0 amide bonds. The average molecular weight is 495 g/mol. The summed E-state index contributed by atoms with van der Waals surface area (Å²) >= 11 is 0. The van der Waals surface area contributed by atoms with Crippen LogP contribution in [-0.4, -0.2) is 12.8 Å². The van der Waals surface area contributed by atoms with Crippen LogP contribution in [0.5, 0.6) is 5.75 Å². The van der Waals surface area contributed by atoms with Gasteiger partial charge in [0.25, 0.3) is 0 Å². The molecule has 0 atom stereocenters. The second-order valence-electron chi connectivity index (χ2n) is 9.07. The minimum Gasteiger partial charge on any atom is -0.434 e. The molecular formula is C31H36F2O3. The number of halogens is 2. The molecule has 0 saturated heterocycles. The predicted octanol–water partition coefficient (Wildman–Crippen LogP) is 9.52. The highest BCUT2D eigenvalue weighted by atomic mass is 19.2. The van der Waals surface area contributed by atoms with Crippen LogP contribution in [0.4, 0.5) is 13.6 Å². The average Bonchev–Trinajstić information content (AvgIpc) is 2.89. The number of aryl methyl sites for hydroxylation is 1. The van der Waals surface area contributed by atoms with Crippen LogP contribution in [-0.2, 0) is 11.2 Å². The number of hydrogen-bond acceptors (Lipinski definition) is 3. The van der Waals surface area contributed by atoms with Crippen LogP contribution in [0, 0.1) is 11.6 Å². The lowest BCUT2D eigenvalue weighted by atomic mass is 9.97. The van der Waals surface area contributed by atoms with E-state index < -0.39 is 17.8 Å². The summed E-state index contributed by atoms with van der Waals surface area (Å²) < 4.78 is 39.7. The van der Waals surface area contributed by atoms with Gasteiger partial charge in [0.2, 0.25) is 0 Å². The maximum Gasteiger partial charge on any atom is 0.513 e. The Labute approximate surface area is 213 Å². The smallest absolute Gasteiger partial charge is 0.434 e. The standard InChI is InChI=1S/C31H36F2O3/c1-3-5-7-8-10-22-35-31(34)36-27-19-16-24(17-20-27)23-12-14-25(15-13-23)28-21-18-26(11-9-6-4-2)29(32)30(28)33/h12-21H,3-11,22H2,1-2H3. The van der Waals surface area contributed by atoms with Crippen LogP contribution >= 0.6 is 0 Å². The van der Waals surface area contributed by atoms with E-state index >= 15 is 0 Å². The van der Waals surface area contributed by atoms with E-state index in [9.17, 15) is 13.6 Å². The minimum absolute atomic E-state index is 0.255. The molecule has 0 N–H and O–H groups in total. The van der Waals surface area contributed by atoms with Gasteiger partial charge in [0.05, 0.1) is 6.61 Å². The first-order valence-electron chi connectivity index (χ1n) is 13.1. The number of carbonyl (C=O) groups is 1. The maximum absolute atomic E-state index is 14.7. The van der Waals surface area contributed by atoms with Crippen LogP contribution in [0.25, 0.3) is 22.3 Å². The van der Waals surface area contributed by atoms with Gasteiger partial charge in [-0.25, -0.2) is 13.6 Å². The molecule has 192 valence electrons. The molecule has 0 saturated carbocycles. The number of benzene rings is 3. The number of ether oxygens (including phenoxy) is 2. The summed E-state index contributed by atoms with van der Waals surface area (Å²) in [5.74, 6) is -1.15. The van der Waals surface area contributed by atoms with Gasteiger partial charge < -0.3 is 9.47 Å². The molecule has 3 rings (SSSR count). The summed E-state index contributed by atoms with van der Waals surface area (Å²) in [4.78, 5) is 11.9. The van der Waals surface area contributed by atoms with Gasteiger partial charge in [-0.1, -0.05) is 101 Å². The Balaban J connectivity index is 1.57. The van der Waals surface area contributed by atoms with E-state index in [4.69, 9.17) is 9.47 Å². The van der Waals surface area contributed by atoms with Gasteiger partial charge in [0.15, 0.2) is 11.6 Å². The monoisotopic (exact) mass is 494 g/mol. The van der Waals surface area contributed by atoms with E-state index in [1.165, 1.54) is 12.8 Å². The zero-order valence-corrected chi connectivity index (χ0v) is 21.3. The van der Waals surface area contributed by atoms with Gasteiger partial charge in [-0.2, -0.15) is 0 Å². The summed E-state index contributed by atoms with van der Waals surface area (Å²) in [5, 5.41) is 0. The first-order chi connectivity index (χ1) is 17.5. The van der Waals surface area contributed by atoms with Crippen molar-refractivity contribution in [2.24, 2.45) is 0 Å². The molecule has 3 aromatic carbocycles. The van der Waals surface area contributed by atoms with Gasteiger partial charge in [0.1, 0.15) is 5.75 Å². The van der Waals surface area contributed by atoms with Crippen molar-refractivity contribution in [2.75, 3.05) is 6.61 Å². The summed E-state index contributed by atoms with van der Waals surface area (Å²) in [6.45, 7) is 4.60. The van der Waals surface area contributed by atoms with E-state index in [2.05, 4.69) is 13.8 Å². The van der Waals surface area contributed by atoms with Gasteiger partial charge in [-0.3, -0.25) is 0 Å². The molecule has 0 bridgehead atoms. The van der Waals surface area contributed by atoms with Gasteiger partial charge >= 0.3 is 6.16 Å². The Hall–Kier alpha value is -3.21. The quantitative estimate of drug-likeness (QED) is 0.135. The fourth-order valence-electron chi connectivity index (χ4n) is 4.12. The van der Waals surface area contributed by atoms with Crippen molar-refractivity contribution in [2.45, 2.75) is 71.6 Å². The molecule has 36 heavy (non-hydrogen) atoms. The van der Waals surface area contributed by atoms with Crippen LogP contribution < -0.4 is 4.74 Å². The van der Waals surface area contributed by atoms with Gasteiger partial charge in [-0.05, 0) is 53.6 Å². The maximum atomic E-state index is 14.7. The SMILES string of the molecule is CCCCCCCOC(=O)Oc1ccc(-c2ccc(-c3ccc(CCCCC)c(F)c3F)cc2)cc1. The zero-order chi connectivity index (χ0) is 25.8. The molecule has 0 aliphatic carbocycles. The topological polar surface area (TPSA) is 35.5 Å². The highest BCUT2D eigenvalue weighted by molar-refractivity contribution is 5.72. The number of hydrogen-bond donors (Lipinski definition) is 0. The highest BCUT2D eigenvalue weighted by Gasteiger charge is 2.15. The normalized spacial score (nSPS) is 10.9. The van der Waals surface area contributed by atoms with E-state index in [1.807, 2.05) is 24.3 Å². The lowest BCUT2D eigenvalue weighted by Gasteiger charge is -2.10. The summed E-state index contributed by atoms with van der Waals surface area (Å²) in [6, 6.07) is 17.7. The lowest BCUT2D eigenvalue weighted by Crippen LogP contribution is -2.11. The van der Waals surface area contributed by atoms with Crippen LogP contribution in [0.3, 0.4) is 0 Å². The molecule has 0 aliphatic heterocycles. The fourth-order valence-corrected chi connectivity index (χ4v) is 4.12. The first kappa shape index (κ1) is 27.4. The fraction of sp³-hybridized carbons (Fsp3) is 0.387. The summed E-state index contributed by atoms with van der Waals surface area (Å²) in [5.41, 5.74) is 3.13. The number of carbonyl (C=O) groups excluding carboxylic acids is 1. The molecular weight excluding hydrogens is 458 g/mol. The third kappa shape index (κ3) is 7.91. The Morgan fingerprint density at radius 2 is 1.25 bits per heavy atom. The molecule has 0 fully saturated rings. The van der Waals surface area contributed by atoms with Gasteiger partial charge in [0, 0.05) is 5.56 Å². The van der Waals surface area contributed by atoms with Crippen molar-refractivity contribution in [3.05, 3.63) is 77.9 Å². The Morgan fingerprint density at radius 3 is 1.92 bits per heavy atom. The van der Waals surface area contributed by atoms with Crippen molar-refractivity contribution in [3.8, 4) is 28.0 Å². The number of unbranched alkanes of at least 4 members (excludes halogenated alkanes) is 6. The zero-order valence-electron chi connectivity index (χ0n) is 21.3. The van der Waals surface area contributed by atoms with Crippen molar-refractivity contribution in [1.82, 2.24) is 0 Å². The molecule has 5 heteroatoms. The molecule has 0 radical (unpaired) electrons. The molecule has 0 spiro atoms. The highest BCUT2D eigenvalue weighted by Crippen LogP contribution is 2.30. The molecule has 0 heterocycles. The Morgan fingerprint density at radius 1 is 0.667 bits per heavy atom. The van der Waals surface area contributed by atoms with Crippen LogP contribution in [0.15, 0.2) is 60.7 Å². The van der Waals surface area contributed by atoms with E-state index in [1.54, 1.807) is 36.4 Å². The van der Waals surface area contributed by atoms with Crippen LogP contribution in [0.2, 0.25) is 0 Å². The van der Waals surface area contributed by atoms with Crippen molar-refractivity contribution >= 4 is 6.16 Å². The lowest BCUT2D eigenvalue weighted by molar-refractivity contribution is 0.0973. The summed E-state index contributed by atoms with van der Waals surface area (Å²) in [7, 11) is 0. The Kier molecular flexibility index (Phi) is 10.9. The second-order valence-corrected chi connectivity index (χ2v) is 9.07. The van der Waals surface area contributed by atoms with E-state index in [0.29, 0.717) is 29.9 Å². The largest absolute Gasteiger partial charge is 0.513 e. The van der Waals surface area contributed by atoms with Crippen LogP contribution in [0.1, 0.15) is 70.8 Å². The predicted molar refractivity (Wildman–Crippen MR) is 141 cm³/mol. The number of rotatable bonds is 13. The molecule has 3 aromatic rings. The van der Waals surface area contributed by atoms with E-state index in [-0.39, 0.29) is 5.56 Å². The van der Waals surface area contributed by atoms with Crippen molar-refractivity contribution in [3.63, 3.8) is 0 Å². The first-order valence-corrected chi connectivity index (χ1v) is 13.1. The minimum atomic E-state index is -0.800. The summed E-state index contributed by atoms with van der Waals surface area (Å²) in [6.07, 6.45) is 8.14. The molecule has 0 unspecified atom stereocenters.